The molecule has 1 saturated carbocycles. The van der Waals surface area contributed by atoms with Gasteiger partial charge in [0.1, 0.15) is 5.82 Å². The first-order valence-corrected chi connectivity index (χ1v) is 7.83. The summed E-state index contributed by atoms with van der Waals surface area (Å²) in [7, 11) is 0. The van der Waals surface area contributed by atoms with Crippen molar-refractivity contribution in [3.63, 3.8) is 0 Å². The van der Waals surface area contributed by atoms with E-state index in [1.807, 2.05) is 0 Å². The summed E-state index contributed by atoms with van der Waals surface area (Å²) in [6.07, 6.45) is 2.32. The number of nitrogens with zero attached hydrogens (tertiary/aromatic N) is 1. The zero-order valence-electron chi connectivity index (χ0n) is 10.2. The van der Waals surface area contributed by atoms with Gasteiger partial charge in [0.05, 0.1) is 9.26 Å². The van der Waals surface area contributed by atoms with Crippen LogP contribution >= 0.6 is 33.9 Å². The summed E-state index contributed by atoms with van der Waals surface area (Å²) >= 11 is 3.85. The van der Waals surface area contributed by atoms with Gasteiger partial charge in [-0.25, -0.2) is 4.98 Å². The molecule has 0 saturated heterocycles. The Morgan fingerprint density at radius 3 is 2.72 bits per heavy atom. The zero-order chi connectivity index (χ0) is 12.9. The number of thiophene rings is 1. The smallest absolute Gasteiger partial charge is 0.264 e. The maximum absolute atomic E-state index is 12.0. The Morgan fingerprint density at radius 2 is 2.17 bits per heavy atom. The number of rotatable bonds is 2. The fourth-order valence-corrected chi connectivity index (χ4v) is 3.72. The van der Waals surface area contributed by atoms with E-state index in [0.717, 1.165) is 33.5 Å². The Labute approximate surface area is 123 Å². The lowest BCUT2D eigenvalue weighted by Crippen LogP contribution is -2.16. The molecule has 0 bridgehead atoms. The second kappa shape index (κ2) is 4.45. The molecule has 2 aromatic heterocycles. The number of hydrogen-bond donors (Lipinski definition) is 1. The van der Waals surface area contributed by atoms with E-state index in [4.69, 9.17) is 0 Å². The van der Waals surface area contributed by atoms with Gasteiger partial charge in [-0.3, -0.25) is 4.79 Å². The van der Waals surface area contributed by atoms with Crippen molar-refractivity contribution in [3.05, 3.63) is 35.4 Å². The van der Waals surface area contributed by atoms with Gasteiger partial charge in [-0.2, -0.15) is 0 Å². The normalized spacial score (nSPS) is 15.1. The number of H-pyrrole nitrogens is 1. The third-order valence-electron chi connectivity index (χ3n) is 3.15. The van der Waals surface area contributed by atoms with Crippen molar-refractivity contribution in [1.82, 2.24) is 9.97 Å². The van der Waals surface area contributed by atoms with Crippen LogP contribution in [-0.2, 0) is 0 Å². The van der Waals surface area contributed by atoms with Crippen molar-refractivity contribution in [1.29, 1.82) is 0 Å². The second-order valence-corrected chi connectivity index (χ2v) is 7.25. The Morgan fingerprint density at radius 1 is 1.44 bits per heavy atom. The van der Waals surface area contributed by atoms with Gasteiger partial charge in [0.2, 0.25) is 0 Å². The van der Waals surface area contributed by atoms with E-state index >= 15 is 0 Å². The van der Waals surface area contributed by atoms with Gasteiger partial charge in [0.15, 0.2) is 0 Å². The van der Waals surface area contributed by atoms with Crippen LogP contribution in [0.3, 0.4) is 0 Å². The van der Waals surface area contributed by atoms with E-state index in [2.05, 4.69) is 52.5 Å². The summed E-state index contributed by atoms with van der Waals surface area (Å²) in [6, 6.07) is 2.10. The standard InChI is InChI=1S/C13H13IN2OS/c1-6-5-9(7(2)18-6)12-15-11(8-3-4-8)10(14)13(17)16-12/h5,8H,3-4H2,1-2H3,(H,15,16,17). The molecule has 0 aromatic carbocycles. The molecule has 1 N–H and O–H groups in total. The SMILES string of the molecule is Cc1cc(-c2nc(C3CC3)c(I)c(=O)[nH]2)c(C)s1. The largest absolute Gasteiger partial charge is 0.306 e. The number of hydrogen-bond acceptors (Lipinski definition) is 3. The number of halogens is 1. The monoisotopic (exact) mass is 372 g/mol. The molecule has 18 heavy (non-hydrogen) atoms. The first-order valence-electron chi connectivity index (χ1n) is 5.93. The molecule has 3 rings (SSSR count). The van der Waals surface area contributed by atoms with Crippen LogP contribution in [-0.4, -0.2) is 9.97 Å². The van der Waals surface area contributed by atoms with Gasteiger partial charge in [-0.05, 0) is 55.3 Å². The third-order valence-corrected chi connectivity index (χ3v) is 5.16. The fourth-order valence-electron chi connectivity index (χ4n) is 2.10. The van der Waals surface area contributed by atoms with Crippen molar-refractivity contribution in [2.45, 2.75) is 32.6 Å². The topological polar surface area (TPSA) is 45.8 Å². The van der Waals surface area contributed by atoms with Crippen LogP contribution < -0.4 is 5.56 Å². The lowest BCUT2D eigenvalue weighted by Gasteiger charge is -2.05. The number of aromatic nitrogens is 2. The highest BCUT2D eigenvalue weighted by Crippen LogP contribution is 2.41. The van der Waals surface area contributed by atoms with E-state index in [1.54, 1.807) is 11.3 Å². The molecular weight excluding hydrogens is 359 g/mol. The average Bonchev–Trinajstić information content (AvgIpc) is 3.08. The van der Waals surface area contributed by atoms with Crippen LogP contribution in [0.4, 0.5) is 0 Å². The summed E-state index contributed by atoms with van der Waals surface area (Å²) < 4.78 is 0.753. The number of nitrogens with one attached hydrogen (secondary N) is 1. The summed E-state index contributed by atoms with van der Waals surface area (Å²) in [5, 5.41) is 0. The number of aryl methyl sites for hydroxylation is 2. The van der Waals surface area contributed by atoms with E-state index < -0.39 is 0 Å². The molecular formula is C13H13IN2OS. The Hall–Kier alpha value is -0.690. The van der Waals surface area contributed by atoms with Crippen LogP contribution in [0.2, 0.25) is 0 Å². The van der Waals surface area contributed by atoms with Crippen molar-refractivity contribution in [2.75, 3.05) is 0 Å². The molecule has 0 radical (unpaired) electrons. The van der Waals surface area contributed by atoms with Gasteiger partial charge in [0, 0.05) is 21.2 Å². The molecule has 0 spiro atoms. The first kappa shape index (κ1) is 12.3. The molecule has 0 unspecified atom stereocenters. The van der Waals surface area contributed by atoms with E-state index in [0.29, 0.717) is 5.92 Å². The molecule has 5 heteroatoms. The van der Waals surface area contributed by atoms with Crippen molar-refractivity contribution in [3.8, 4) is 11.4 Å². The molecule has 1 aliphatic carbocycles. The van der Waals surface area contributed by atoms with E-state index in [-0.39, 0.29) is 5.56 Å². The minimum Gasteiger partial charge on any atom is -0.306 e. The van der Waals surface area contributed by atoms with Gasteiger partial charge >= 0.3 is 0 Å². The lowest BCUT2D eigenvalue weighted by atomic mass is 10.2. The van der Waals surface area contributed by atoms with Crippen molar-refractivity contribution in [2.24, 2.45) is 0 Å². The minimum absolute atomic E-state index is 0.00856. The summed E-state index contributed by atoms with van der Waals surface area (Å²) in [4.78, 5) is 22.0. The Bertz CT molecular complexity index is 670. The molecule has 1 fully saturated rings. The average molecular weight is 372 g/mol. The molecule has 0 atom stereocenters. The van der Waals surface area contributed by atoms with Crippen molar-refractivity contribution >= 4 is 33.9 Å². The van der Waals surface area contributed by atoms with Gasteiger partial charge in [0.25, 0.3) is 5.56 Å². The number of aromatic amines is 1. The highest BCUT2D eigenvalue weighted by molar-refractivity contribution is 14.1. The van der Waals surface area contributed by atoms with Crippen LogP contribution in [0, 0.1) is 17.4 Å². The van der Waals surface area contributed by atoms with Crippen molar-refractivity contribution < 1.29 is 0 Å². The molecule has 94 valence electrons. The third kappa shape index (κ3) is 2.14. The summed E-state index contributed by atoms with van der Waals surface area (Å²) in [6.45, 7) is 4.15. The summed E-state index contributed by atoms with van der Waals surface area (Å²) in [5.41, 5.74) is 2.04. The molecule has 0 aliphatic heterocycles. The maximum Gasteiger partial charge on any atom is 0.264 e. The van der Waals surface area contributed by atoms with Gasteiger partial charge < -0.3 is 4.98 Å². The zero-order valence-corrected chi connectivity index (χ0v) is 13.2. The highest BCUT2D eigenvalue weighted by atomic mass is 127. The van der Waals surface area contributed by atoms with Gasteiger partial charge in [-0.15, -0.1) is 11.3 Å². The highest BCUT2D eigenvalue weighted by Gasteiger charge is 2.29. The fraction of sp³-hybridized carbons (Fsp3) is 0.385. The van der Waals surface area contributed by atoms with Gasteiger partial charge in [-0.1, -0.05) is 0 Å². The quantitative estimate of drug-likeness (QED) is 0.819. The second-order valence-electron chi connectivity index (χ2n) is 4.71. The van der Waals surface area contributed by atoms with E-state index in [9.17, 15) is 4.79 Å². The van der Waals surface area contributed by atoms with E-state index in [1.165, 1.54) is 9.75 Å². The van der Waals surface area contributed by atoms with Crippen LogP contribution in [0.15, 0.2) is 10.9 Å². The summed E-state index contributed by atoms with van der Waals surface area (Å²) in [5.74, 6) is 1.22. The van der Waals surface area contributed by atoms with Crippen LogP contribution in [0.5, 0.6) is 0 Å². The molecule has 0 amide bonds. The Kier molecular flexibility index (Phi) is 3.05. The molecule has 2 heterocycles. The maximum atomic E-state index is 12.0. The van der Waals surface area contributed by atoms with Crippen LogP contribution in [0.25, 0.3) is 11.4 Å². The molecule has 3 nitrogen and oxygen atoms in total. The predicted octanol–water partition coefficient (Wildman–Crippen LogP) is 3.60. The predicted molar refractivity (Wildman–Crippen MR) is 82.3 cm³/mol. The molecule has 1 aliphatic rings. The first-order chi connectivity index (χ1) is 8.56. The minimum atomic E-state index is -0.00856. The van der Waals surface area contributed by atoms with Crippen LogP contribution in [0.1, 0.15) is 34.2 Å². The lowest BCUT2D eigenvalue weighted by molar-refractivity contribution is 0.958. The Balaban J connectivity index is 2.18. The molecule has 2 aromatic rings.